The first-order chi connectivity index (χ1) is 10.2. The Kier molecular flexibility index (Phi) is 4.17. The van der Waals surface area contributed by atoms with E-state index >= 15 is 0 Å². The van der Waals surface area contributed by atoms with Crippen LogP contribution in [0.2, 0.25) is 0 Å². The number of hydrogen-bond donors (Lipinski definition) is 0. The summed E-state index contributed by atoms with van der Waals surface area (Å²) in [5, 5.41) is 7.51. The van der Waals surface area contributed by atoms with Crippen LogP contribution in [-0.4, -0.2) is 60.5 Å². The van der Waals surface area contributed by atoms with E-state index in [-0.39, 0.29) is 17.4 Å². The van der Waals surface area contributed by atoms with E-state index in [1.54, 1.807) is 19.4 Å². The van der Waals surface area contributed by atoms with Gasteiger partial charge in [0.15, 0.2) is 0 Å². The second-order valence-corrected chi connectivity index (χ2v) is 5.90. The number of aromatic nitrogens is 2. The monoisotopic (exact) mass is 291 g/mol. The number of carbonyl (C=O) groups is 1. The molecule has 6 heteroatoms. The van der Waals surface area contributed by atoms with Gasteiger partial charge in [0.05, 0.1) is 30.7 Å². The summed E-state index contributed by atoms with van der Waals surface area (Å²) in [6, 6.07) is 1.71. The molecule has 0 radical (unpaired) electrons. The van der Waals surface area contributed by atoms with Gasteiger partial charge < -0.3 is 14.4 Å². The largest absolute Gasteiger partial charge is 0.384 e. The fourth-order valence-electron chi connectivity index (χ4n) is 3.56. The number of piperidine rings is 1. The Labute approximate surface area is 124 Å². The molecule has 1 amide bonds. The molecule has 2 aliphatic rings. The normalized spacial score (nSPS) is 29.0. The number of nitrogens with zero attached hydrogens (tertiary/aromatic N) is 3. The number of ether oxygens (including phenoxy) is 2. The molecule has 21 heavy (non-hydrogen) atoms. The summed E-state index contributed by atoms with van der Waals surface area (Å²) in [7, 11) is 1.72. The number of methoxy groups -OCH3 is 1. The van der Waals surface area contributed by atoms with Crippen molar-refractivity contribution in [3.63, 3.8) is 0 Å². The molecular formula is C15H21N3O3. The highest BCUT2D eigenvalue weighted by atomic mass is 16.5. The highest BCUT2D eigenvalue weighted by molar-refractivity contribution is 5.93. The van der Waals surface area contributed by atoms with E-state index in [2.05, 4.69) is 10.2 Å². The average Bonchev–Trinajstić information content (AvgIpc) is 2.54. The fraction of sp³-hybridized carbons (Fsp3) is 0.667. The Balaban J connectivity index is 1.78. The van der Waals surface area contributed by atoms with E-state index in [1.807, 2.05) is 4.90 Å². The van der Waals surface area contributed by atoms with Crippen LogP contribution in [0, 0.1) is 5.41 Å². The molecule has 0 saturated carbocycles. The third-order valence-electron chi connectivity index (χ3n) is 4.54. The molecule has 1 aromatic heterocycles. The number of hydrogen-bond acceptors (Lipinski definition) is 5. The second kappa shape index (κ2) is 6.07. The molecule has 0 bridgehead atoms. The minimum atomic E-state index is -0.0681. The van der Waals surface area contributed by atoms with Crippen molar-refractivity contribution in [2.45, 2.75) is 25.4 Å². The summed E-state index contributed by atoms with van der Waals surface area (Å²) >= 11 is 0. The van der Waals surface area contributed by atoms with Crippen molar-refractivity contribution in [2.75, 3.05) is 33.4 Å². The van der Waals surface area contributed by atoms with Gasteiger partial charge in [-0.05, 0) is 25.3 Å². The lowest BCUT2D eigenvalue weighted by Crippen LogP contribution is -2.58. The minimum absolute atomic E-state index is 0.0180. The Hall–Kier alpha value is -1.53. The molecule has 1 aromatic rings. The maximum Gasteiger partial charge on any atom is 0.255 e. The van der Waals surface area contributed by atoms with Gasteiger partial charge in [-0.2, -0.15) is 10.2 Å². The van der Waals surface area contributed by atoms with Gasteiger partial charge in [0.2, 0.25) is 0 Å². The summed E-state index contributed by atoms with van der Waals surface area (Å²) in [5.41, 5.74) is 0.522. The summed E-state index contributed by atoms with van der Waals surface area (Å²) in [6.45, 7) is 2.86. The van der Waals surface area contributed by atoms with Crippen LogP contribution in [-0.2, 0) is 9.47 Å². The molecule has 2 aliphatic heterocycles. The first-order valence-corrected chi connectivity index (χ1v) is 7.42. The topological polar surface area (TPSA) is 64.6 Å². The zero-order valence-corrected chi connectivity index (χ0v) is 12.3. The smallest absolute Gasteiger partial charge is 0.255 e. The highest BCUT2D eigenvalue weighted by Crippen LogP contribution is 2.40. The van der Waals surface area contributed by atoms with Crippen LogP contribution >= 0.6 is 0 Å². The third kappa shape index (κ3) is 2.78. The second-order valence-electron chi connectivity index (χ2n) is 5.90. The van der Waals surface area contributed by atoms with Gasteiger partial charge in [0.25, 0.3) is 5.91 Å². The Bertz CT molecular complexity index is 492. The van der Waals surface area contributed by atoms with Crippen LogP contribution < -0.4 is 0 Å². The first kappa shape index (κ1) is 14.4. The molecule has 0 unspecified atom stereocenters. The van der Waals surface area contributed by atoms with Gasteiger partial charge in [0.1, 0.15) is 0 Å². The molecule has 6 nitrogen and oxygen atoms in total. The number of carbonyl (C=O) groups excluding carboxylic acids is 1. The highest BCUT2D eigenvalue weighted by Gasteiger charge is 2.47. The quantitative estimate of drug-likeness (QED) is 0.835. The predicted octanol–water partition coefficient (Wildman–Crippen LogP) is 1.13. The lowest BCUT2D eigenvalue weighted by molar-refractivity contribution is -0.142. The standard InChI is InChI=1S/C15H21N3O3/c1-20-11-15-5-2-8-21-13(15)4-7-18(10-15)14(19)12-3-6-16-17-9-12/h3,6,9,13H,2,4-5,7-8,10-11H2,1H3/t13-,15+/m1/s1. The van der Waals surface area contributed by atoms with Crippen LogP contribution in [0.25, 0.3) is 0 Å². The molecule has 0 spiro atoms. The zero-order chi connectivity index (χ0) is 14.7. The van der Waals surface area contributed by atoms with Crippen molar-refractivity contribution in [3.8, 4) is 0 Å². The van der Waals surface area contributed by atoms with Gasteiger partial charge in [-0.1, -0.05) is 0 Å². The molecule has 2 atom stereocenters. The molecule has 2 saturated heterocycles. The van der Waals surface area contributed by atoms with Gasteiger partial charge in [-0.15, -0.1) is 0 Å². The first-order valence-electron chi connectivity index (χ1n) is 7.42. The maximum atomic E-state index is 12.6. The summed E-state index contributed by atoms with van der Waals surface area (Å²) in [5.74, 6) is 0.0180. The number of fused-ring (bicyclic) bond motifs is 1. The number of likely N-dealkylation sites (tertiary alicyclic amines) is 1. The predicted molar refractivity (Wildman–Crippen MR) is 75.8 cm³/mol. The van der Waals surface area contributed by atoms with Gasteiger partial charge >= 0.3 is 0 Å². The van der Waals surface area contributed by atoms with Crippen LogP contribution in [0.1, 0.15) is 29.6 Å². The van der Waals surface area contributed by atoms with Crippen molar-refractivity contribution in [1.82, 2.24) is 15.1 Å². The summed E-state index contributed by atoms with van der Waals surface area (Å²) < 4.78 is 11.4. The average molecular weight is 291 g/mol. The van der Waals surface area contributed by atoms with E-state index < -0.39 is 0 Å². The van der Waals surface area contributed by atoms with Gasteiger partial charge in [0, 0.05) is 32.2 Å². The Morgan fingerprint density at radius 3 is 3.24 bits per heavy atom. The van der Waals surface area contributed by atoms with Crippen molar-refractivity contribution < 1.29 is 14.3 Å². The molecule has 0 N–H and O–H groups in total. The zero-order valence-electron chi connectivity index (χ0n) is 12.3. The van der Waals surface area contributed by atoms with E-state index in [0.29, 0.717) is 18.7 Å². The minimum Gasteiger partial charge on any atom is -0.384 e. The molecule has 2 fully saturated rings. The van der Waals surface area contributed by atoms with E-state index in [1.165, 1.54) is 6.20 Å². The summed E-state index contributed by atoms with van der Waals surface area (Å²) in [4.78, 5) is 14.5. The van der Waals surface area contributed by atoms with Crippen molar-refractivity contribution >= 4 is 5.91 Å². The summed E-state index contributed by atoms with van der Waals surface area (Å²) in [6.07, 6.45) is 6.21. The molecule has 3 rings (SSSR count). The van der Waals surface area contributed by atoms with E-state index in [9.17, 15) is 4.79 Å². The third-order valence-corrected chi connectivity index (χ3v) is 4.54. The van der Waals surface area contributed by atoms with Crippen molar-refractivity contribution in [2.24, 2.45) is 5.41 Å². The van der Waals surface area contributed by atoms with Crippen LogP contribution in [0.3, 0.4) is 0 Å². The molecule has 3 heterocycles. The number of rotatable bonds is 3. The van der Waals surface area contributed by atoms with Crippen molar-refractivity contribution in [1.29, 1.82) is 0 Å². The molecule has 114 valence electrons. The molecular weight excluding hydrogens is 270 g/mol. The van der Waals surface area contributed by atoms with Crippen LogP contribution in [0.4, 0.5) is 0 Å². The number of amides is 1. The lowest BCUT2D eigenvalue weighted by atomic mass is 9.73. The molecule has 0 aromatic carbocycles. The van der Waals surface area contributed by atoms with Crippen LogP contribution in [0.5, 0.6) is 0 Å². The van der Waals surface area contributed by atoms with Gasteiger partial charge in [-0.3, -0.25) is 4.79 Å². The SMILES string of the molecule is COC[C@@]12CCCO[C@@H]1CCN(C(=O)c1ccnnc1)C2. The van der Waals surface area contributed by atoms with Crippen molar-refractivity contribution in [3.05, 3.63) is 24.0 Å². The fourth-order valence-corrected chi connectivity index (χ4v) is 3.56. The molecule has 0 aliphatic carbocycles. The Morgan fingerprint density at radius 2 is 2.48 bits per heavy atom. The maximum absolute atomic E-state index is 12.6. The van der Waals surface area contributed by atoms with E-state index in [4.69, 9.17) is 9.47 Å². The van der Waals surface area contributed by atoms with E-state index in [0.717, 1.165) is 32.4 Å². The van der Waals surface area contributed by atoms with Gasteiger partial charge in [-0.25, -0.2) is 0 Å². The Morgan fingerprint density at radius 1 is 1.57 bits per heavy atom. The lowest BCUT2D eigenvalue weighted by Gasteiger charge is -2.50. The van der Waals surface area contributed by atoms with Crippen LogP contribution in [0.15, 0.2) is 18.5 Å².